The summed E-state index contributed by atoms with van der Waals surface area (Å²) in [5, 5.41) is 6.50. The van der Waals surface area contributed by atoms with Gasteiger partial charge >= 0.3 is 0 Å². The molecule has 0 amide bonds. The SMILES string of the molecule is CCOC(C)CNC(=S)NC. The molecule has 0 aliphatic carbocycles. The monoisotopic (exact) mass is 176 g/mol. The van der Waals surface area contributed by atoms with Crippen molar-refractivity contribution in [1.29, 1.82) is 0 Å². The molecule has 0 aliphatic heterocycles. The van der Waals surface area contributed by atoms with Gasteiger partial charge in [-0.25, -0.2) is 0 Å². The van der Waals surface area contributed by atoms with Crippen molar-refractivity contribution in [1.82, 2.24) is 10.6 Å². The average Bonchev–Trinajstić information content (AvgIpc) is 2.01. The topological polar surface area (TPSA) is 33.3 Å². The molecule has 0 heterocycles. The first kappa shape index (κ1) is 10.7. The molecule has 0 aliphatic rings. The van der Waals surface area contributed by atoms with Gasteiger partial charge in [0.05, 0.1) is 6.10 Å². The third kappa shape index (κ3) is 6.06. The van der Waals surface area contributed by atoms with Crippen molar-refractivity contribution in [2.24, 2.45) is 0 Å². The van der Waals surface area contributed by atoms with E-state index >= 15 is 0 Å². The molecule has 1 atom stereocenters. The van der Waals surface area contributed by atoms with E-state index in [1.54, 1.807) is 7.05 Å². The van der Waals surface area contributed by atoms with Gasteiger partial charge in [-0.2, -0.15) is 0 Å². The Kier molecular flexibility index (Phi) is 6.16. The molecule has 0 spiro atoms. The number of thiocarbonyl (C=S) groups is 1. The van der Waals surface area contributed by atoms with Crippen molar-refractivity contribution in [2.45, 2.75) is 20.0 Å². The van der Waals surface area contributed by atoms with Gasteiger partial charge in [-0.05, 0) is 26.1 Å². The Balaban J connectivity index is 3.29. The minimum absolute atomic E-state index is 0.214. The van der Waals surface area contributed by atoms with Gasteiger partial charge in [0.2, 0.25) is 0 Å². The lowest BCUT2D eigenvalue weighted by molar-refractivity contribution is 0.0794. The zero-order chi connectivity index (χ0) is 8.69. The van der Waals surface area contributed by atoms with Crippen LogP contribution >= 0.6 is 12.2 Å². The molecular weight excluding hydrogens is 160 g/mol. The summed E-state index contributed by atoms with van der Waals surface area (Å²) in [6.07, 6.45) is 0.214. The van der Waals surface area contributed by atoms with Crippen LogP contribution in [0, 0.1) is 0 Å². The largest absolute Gasteiger partial charge is 0.377 e. The zero-order valence-electron chi connectivity index (χ0n) is 7.31. The molecule has 0 bridgehead atoms. The van der Waals surface area contributed by atoms with Gasteiger partial charge < -0.3 is 15.4 Å². The van der Waals surface area contributed by atoms with Gasteiger partial charge in [0.25, 0.3) is 0 Å². The van der Waals surface area contributed by atoms with Gasteiger partial charge in [-0.3, -0.25) is 0 Å². The van der Waals surface area contributed by atoms with Crippen LogP contribution in [-0.2, 0) is 4.74 Å². The Morgan fingerprint density at radius 2 is 2.27 bits per heavy atom. The van der Waals surface area contributed by atoms with E-state index in [1.165, 1.54) is 0 Å². The summed E-state index contributed by atoms with van der Waals surface area (Å²) in [5.74, 6) is 0. The van der Waals surface area contributed by atoms with Crippen LogP contribution in [0.25, 0.3) is 0 Å². The lowest BCUT2D eigenvalue weighted by Gasteiger charge is -2.13. The van der Waals surface area contributed by atoms with Crippen LogP contribution in [0.2, 0.25) is 0 Å². The fourth-order valence-electron chi connectivity index (χ4n) is 0.668. The lowest BCUT2D eigenvalue weighted by Crippen LogP contribution is -2.37. The molecule has 0 aromatic rings. The maximum absolute atomic E-state index is 5.29. The summed E-state index contributed by atoms with van der Waals surface area (Å²) in [7, 11) is 1.79. The smallest absolute Gasteiger partial charge is 0.166 e. The molecule has 0 radical (unpaired) electrons. The van der Waals surface area contributed by atoms with Crippen LogP contribution in [0.4, 0.5) is 0 Å². The quantitative estimate of drug-likeness (QED) is 0.611. The van der Waals surface area contributed by atoms with Crippen molar-refractivity contribution >= 4 is 17.3 Å². The van der Waals surface area contributed by atoms with E-state index in [0.29, 0.717) is 5.11 Å². The van der Waals surface area contributed by atoms with Crippen molar-refractivity contribution in [3.63, 3.8) is 0 Å². The molecule has 0 aromatic carbocycles. The summed E-state index contributed by atoms with van der Waals surface area (Å²) in [5.41, 5.74) is 0. The van der Waals surface area contributed by atoms with Crippen molar-refractivity contribution in [2.75, 3.05) is 20.2 Å². The third-order valence-electron chi connectivity index (χ3n) is 1.23. The Hall–Kier alpha value is -0.350. The first-order valence-electron chi connectivity index (χ1n) is 3.77. The highest BCUT2D eigenvalue weighted by atomic mass is 32.1. The Bertz CT molecular complexity index is 119. The summed E-state index contributed by atoms with van der Waals surface area (Å²) in [6, 6.07) is 0. The maximum Gasteiger partial charge on any atom is 0.166 e. The maximum atomic E-state index is 5.29. The number of nitrogens with one attached hydrogen (secondary N) is 2. The van der Waals surface area contributed by atoms with E-state index in [0.717, 1.165) is 13.2 Å². The highest BCUT2D eigenvalue weighted by molar-refractivity contribution is 7.80. The van der Waals surface area contributed by atoms with E-state index in [1.807, 2.05) is 13.8 Å². The standard InChI is InChI=1S/C7H16N2OS/c1-4-10-6(2)5-9-7(11)8-3/h6H,4-5H2,1-3H3,(H2,8,9,11). The molecule has 0 aromatic heterocycles. The first-order chi connectivity index (χ1) is 5.20. The second kappa shape index (κ2) is 6.37. The second-order valence-corrected chi connectivity index (χ2v) is 2.63. The predicted octanol–water partition coefficient (Wildman–Crippen LogP) is 0.505. The zero-order valence-corrected chi connectivity index (χ0v) is 8.12. The summed E-state index contributed by atoms with van der Waals surface area (Å²) in [4.78, 5) is 0. The van der Waals surface area contributed by atoms with Crippen molar-refractivity contribution < 1.29 is 4.74 Å². The molecule has 0 saturated carbocycles. The van der Waals surface area contributed by atoms with Crippen LogP contribution in [-0.4, -0.2) is 31.4 Å². The Labute approximate surface area is 73.5 Å². The number of rotatable bonds is 4. The average molecular weight is 176 g/mol. The Morgan fingerprint density at radius 1 is 1.64 bits per heavy atom. The summed E-state index contributed by atoms with van der Waals surface area (Å²) < 4.78 is 5.29. The van der Waals surface area contributed by atoms with Crippen LogP contribution in [0.1, 0.15) is 13.8 Å². The first-order valence-corrected chi connectivity index (χ1v) is 4.18. The number of ether oxygens (including phenoxy) is 1. The fraction of sp³-hybridized carbons (Fsp3) is 0.857. The summed E-state index contributed by atoms with van der Waals surface area (Å²) in [6.45, 7) is 5.49. The van der Waals surface area contributed by atoms with E-state index in [4.69, 9.17) is 17.0 Å². The second-order valence-electron chi connectivity index (χ2n) is 2.23. The number of hydrogen-bond donors (Lipinski definition) is 2. The molecule has 2 N–H and O–H groups in total. The highest BCUT2D eigenvalue weighted by Gasteiger charge is 1.99. The van der Waals surface area contributed by atoms with E-state index in [-0.39, 0.29) is 6.10 Å². The van der Waals surface area contributed by atoms with Gasteiger partial charge in [0.15, 0.2) is 5.11 Å². The van der Waals surface area contributed by atoms with Crippen LogP contribution < -0.4 is 10.6 Å². The van der Waals surface area contributed by atoms with Crippen molar-refractivity contribution in [3.05, 3.63) is 0 Å². The summed E-state index contributed by atoms with van der Waals surface area (Å²) >= 11 is 4.88. The predicted molar refractivity (Wildman–Crippen MR) is 50.7 cm³/mol. The lowest BCUT2D eigenvalue weighted by atomic mass is 10.4. The fourth-order valence-corrected chi connectivity index (χ4v) is 0.752. The van der Waals surface area contributed by atoms with Crippen LogP contribution in [0.3, 0.4) is 0 Å². The van der Waals surface area contributed by atoms with Gasteiger partial charge in [0.1, 0.15) is 0 Å². The highest BCUT2D eigenvalue weighted by Crippen LogP contribution is 1.86. The molecule has 4 heteroatoms. The third-order valence-corrected chi connectivity index (χ3v) is 1.58. The minimum Gasteiger partial charge on any atom is -0.377 e. The number of hydrogen-bond acceptors (Lipinski definition) is 2. The van der Waals surface area contributed by atoms with Gasteiger partial charge in [-0.15, -0.1) is 0 Å². The Morgan fingerprint density at radius 3 is 2.73 bits per heavy atom. The van der Waals surface area contributed by atoms with Gasteiger partial charge in [0, 0.05) is 20.2 Å². The molecule has 3 nitrogen and oxygen atoms in total. The molecule has 11 heavy (non-hydrogen) atoms. The van der Waals surface area contributed by atoms with Crippen molar-refractivity contribution in [3.8, 4) is 0 Å². The molecule has 1 unspecified atom stereocenters. The molecule has 0 saturated heterocycles. The minimum atomic E-state index is 0.214. The van der Waals surface area contributed by atoms with E-state index < -0.39 is 0 Å². The normalized spacial score (nSPS) is 12.3. The van der Waals surface area contributed by atoms with E-state index in [9.17, 15) is 0 Å². The van der Waals surface area contributed by atoms with Gasteiger partial charge in [-0.1, -0.05) is 0 Å². The molecular formula is C7H16N2OS. The molecule has 0 rings (SSSR count). The van der Waals surface area contributed by atoms with E-state index in [2.05, 4.69) is 10.6 Å². The molecule has 0 fully saturated rings. The van der Waals surface area contributed by atoms with Crippen LogP contribution in [0.15, 0.2) is 0 Å². The molecule has 66 valence electrons. The van der Waals surface area contributed by atoms with Crippen LogP contribution in [0.5, 0.6) is 0 Å².